The molecule has 0 spiro atoms. The average Bonchev–Trinajstić information content (AvgIpc) is 2.84. The third-order valence-electron chi connectivity index (χ3n) is 3.94. The molecule has 0 unspecified atom stereocenters. The van der Waals surface area contributed by atoms with Gasteiger partial charge in [0.15, 0.2) is 0 Å². The van der Waals surface area contributed by atoms with Crippen LogP contribution in [0.3, 0.4) is 0 Å². The number of rotatable bonds is 4. The minimum Gasteiger partial charge on any atom is -0.396 e. The topological polar surface area (TPSA) is 38.0 Å². The highest BCUT2D eigenvalue weighted by molar-refractivity contribution is 5.82. The van der Waals surface area contributed by atoms with Crippen molar-refractivity contribution in [2.45, 2.75) is 26.8 Å². The van der Waals surface area contributed by atoms with E-state index in [2.05, 4.69) is 42.7 Å². The molecule has 0 aliphatic rings. The Morgan fingerprint density at radius 2 is 1.76 bits per heavy atom. The monoisotopic (exact) mass is 280 g/mol. The lowest BCUT2D eigenvalue weighted by molar-refractivity contribution is 0.281. The second-order valence-corrected chi connectivity index (χ2v) is 5.46. The highest BCUT2D eigenvalue weighted by Gasteiger charge is 2.13. The van der Waals surface area contributed by atoms with Crippen molar-refractivity contribution in [2.75, 3.05) is 6.61 Å². The highest BCUT2D eigenvalue weighted by atomic mass is 16.3. The number of benzene rings is 2. The van der Waals surface area contributed by atoms with Crippen molar-refractivity contribution in [3.8, 4) is 11.4 Å². The van der Waals surface area contributed by atoms with E-state index >= 15 is 0 Å². The van der Waals surface area contributed by atoms with Gasteiger partial charge in [0.1, 0.15) is 5.82 Å². The summed E-state index contributed by atoms with van der Waals surface area (Å²) in [7, 11) is 0. The number of aliphatic hydroxyl groups excluding tert-OH is 1. The molecule has 0 aliphatic carbocycles. The third-order valence-corrected chi connectivity index (χ3v) is 3.94. The summed E-state index contributed by atoms with van der Waals surface area (Å²) >= 11 is 0. The fourth-order valence-electron chi connectivity index (χ4n) is 2.64. The molecule has 0 amide bonds. The van der Waals surface area contributed by atoms with Crippen LogP contribution < -0.4 is 0 Å². The Balaban J connectivity index is 2.22. The van der Waals surface area contributed by atoms with E-state index in [1.54, 1.807) is 0 Å². The summed E-state index contributed by atoms with van der Waals surface area (Å²) in [5.74, 6) is 0.976. The van der Waals surface area contributed by atoms with E-state index in [1.165, 1.54) is 11.1 Å². The van der Waals surface area contributed by atoms with Crippen LogP contribution in [-0.4, -0.2) is 21.3 Å². The maximum atomic E-state index is 9.16. The average molecular weight is 280 g/mol. The van der Waals surface area contributed by atoms with Gasteiger partial charge in [0.05, 0.1) is 11.0 Å². The molecule has 0 atom stereocenters. The van der Waals surface area contributed by atoms with Gasteiger partial charge in [0.2, 0.25) is 0 Å². The Morgan fingerprint density at radius 1 is 1.05 bits per heavy atom. The van der Waals surface area contributed by atoms with Gasteiger partial charge in [-0.3, -0.25) is 0 Å². The predicted molar refractivity (Wildman–Crippen MR) is 86.3 cm³/mol. The number of fused-ring (bicyclic) bond motifs is 1. The van der Waals surface area contributed by atoms with Gasteiger partial charge in [-0.25, -0.2) is 4.98 Å². The first-order valence-corrected chi connectivity index (χ1v) is 7.34. The Kier molecular flexibility index (Phi) is 3.76. The van der Waals surface area contributed by atoms with Crippen molar-refractivity contribution in [1.82, 2.24) is 9.55 Å². The van der Waals surface area contributed by atoms with Crippen molar-refractivity contribution in [2.24, 2.45) is 0 Å². The van der Waals surface area contributed by atoms with Crippen LogP contribution in [0, 0.1) is 13.8 Å². The minimum atomic E-state index is 0.193. The van der Waals surface area contributed by atoms with E-state index in [0.29, 0.717) is 0 Å². The largest absolute Gasteiger partial charge is 0.396 e. The zero-order valence-corrected chi connectivity index (χ0v) is 12.5. The van der Waals surface area contributed by atoms with E-state index in [9.17, 15) is 0 Å². The molecule has 0 saturated heterocycles. The number of hydrogen-bond donors (Lipinski definition) is 1. The van der Waals surface area contributed by atoms with Gasteiger partial charge in [-0.2, -0.15) is 0 Å². The lowest BCUT2D eigenvalue weighted by Gasteiger charge is -2.09. The molecule has 3 aromatic rings. The quantitative estimate of drug-likeness (QED) is 0.791. The molecule has 108 valence electrons. The number of aryl methyl sites for hydroxylation is 3. The molecule has 21 heavy (non-hydrogen) atoms. The second-order valence-electron chi connectivity index (χ2n) is 5.46. The van der Waals surface area contributed by atoms with Crippen LogP contribution in [0.4, 0.5) is 0 Å². The molecule has 3 heteroatoms. The first kappa shape index (κ1) is 13.8. The van der Waals surface area contributed by atoms with Gasteiger partial charge in [-0.1, -0.05) is 30.3 Å². The SMILES string of the molecule is Cc1cc2nc(-c3ccccc3)n(CCCO)c2cc1C. The van der Waals surface area contributed by atoms with E-state index in [1.807, 2.05) is 18.2 Å². The summed E-state index contributed by atoms with van der Waals surface area (Å²) in [5.41, 5.74) is 5.81. The van der Waals surface area contributed by atoms with Crippen molar-refractivity contribution < 1.29 is 5.11 Å². The summed E-state index contributed by atoms with van der Waals surface area (Å²) in [6.45, 7) is 5.21. The molecular formula is C18H20N2O. The second kappa shape index (κ2) is 5.70. The maximum Gasteiger partial charge on any atom is 0.141 e. The van der Waals surface area contributed by atoms with Crippen LogP contribution in [0.25, 0.3) is 22.4 Å². The number of aromatic nitrogens is 2. The number of aliphatic hydroxyl groups is 1. The van der Waals surface area contributed by atoms with Gasteiger partial charge in [0, 0.05) is 18.7 Å². The molecule has 1 heterocycles. The normalized spacial score (nSPS) is 11.2. The summed E-state index contributed by atoms with van der Waals surface area (Å²) < 4.78 is 2.22. The van der Waals surface area contributed by atoms with Gasteiger partial charge in [-0.15, -0.1) is 0 Å². The van der Waals surface area contributed by atoms with E-state index in [-0.39, 0.29) is 6.61 Å². The Hall–Kier alpha value is -2.13. The number of nitrogens with zero attached hydrogens (tertiary/aromatic N) is 2. The van der Waals surface area contributed by atoms with E-state index in [0.717, 1.165) is 35.4 Å². The van der Waals surface area contributed by atoms with Gasteiger partial charge < -0.3 is 9.67 Å². The lowest BCUT2D eigenvalue weighted by Crippen LogP contribution is -2.02. The first-order valence-electron chi connectivity index (χ1n) is 7.34. The minimum absolute atomic E-state index is 0.193. The van der Waals surface area contributed by atoms with Crippen molar-refractivity contribution >= 4 is 11.0 Å². The summed E-state index contributed by atoms with van der Waals surface area (Å²) in [6, 6.07) is 14.6. The fourth-order valence-corrected chi connectivity index (χ4v) is 2.64. The van der Waals surface area contributed by atoms with Crippen molar-refractivity contribution in [3.63, 3.8) is 0 Å². The molecule has 0 fully saturated rings. The van der Waals surface area contributed by atoms with E-state index < -0.39 is 0 Å². The third kappa shape index (κ3) is 2.57. The molecule has 3 nitrogen and oxygen atoms in total. The van der Waals surface area contributed by atoms with Crippen LogP contribution in [0.5, 0.6) is 0 Å². The van der Waals surface area contributed by atoms with Gasteiger partial charge >= 0.3 is 0 Å². The fraction of sp³-hybridized carbons (Fsp3) is 0.278. The van der Waals surface area contributed by atoms with Gasteiger partial charge in [0.25, 0.3) is 0 Å². The van der Waals surface area contributed by atoms with E-state index in [4.69, 9.17) is 10.1 Å². The molecule has 0 radical (unpaired) electrons. The Morgan fingerprint density at radius 3 is 2.48 bits per heavy atom. The van der Waals surface area contributed by atoms with Gasteiger partial charge in [-0.05, 0) is 43.5 Å². The molecule has 2 aromatic carbocycles. The number of imidazole rings is 1. The Bertz CT molecular complexity index is 760. The highest BCUT2D eigenvalue weighted by Crippen LogP contribution is 2.27. The molecule has 3 rings (SSSR count). The Labute approximate surface area is 124 Å². The lowest BCUT2D eigenvalue weighted by atomic mass is 10.1. The van der Waals surface area contributed by atoms with Crippen LogP contribution in [-0.2, 0) is 6.54 Å². The molecule has 0 aliphatic heterocycles. The molecule has 0 saturated carbocycles. The summed E-state index contributed by atoms with van der Waals surface area (Å²) in [4.78, 5) is 4.82. The molecule has 1 aromatic heterocycles. The summed E-state index contributed by atoms with van der Waals surface area (Å²) in [6.07, 6.45) is 0.734. The zero-order chi connectivity index (χ0) is 14.8. The van der Waals surface area contributed by atoms with Crippen LogP contribution >= 0.6 is 0 Å². The predicted octanol–water partition coefficient (Wildman–Crippen LogP) is 3.70. The van der Waals surface area contributed by atoms with Crippen molar-refractivity contribution in [3.05, 3.63) is 53.6 Å². The standard InChI is InChI=1S/C18H20N2O/c1-13-11-16-17(12-14(13)2)20(9-6-10-21)18(19-16)15-7-4-3-5-8-15/h3-5,7-8,11-12,21H,6,9-10H2,1-2H3. The summed E-state index contributed by atoms with van der Waals surface area (Å²) in [5, 5.41) is 9.16. The van der Waals surface area contributed by atoms with Crippen molar-refractivity contribution in [1.29, 1.82) is 0 Å². The molecule has 0 bridgehead atoms. The number of hydrogen-bond acceptors (Lipinski definition) is 2. The maximum absolute atomic E-state index is 9.16. The molecular weight excluding hydrogens is 260 g/mol. The zero-order valence-electron chi connectivity index (χ0n) is 12.5. The van der Waals surface area contributed by atoms with Crippen LogP contribution in [0.2, 0.25) is 0 Å². The van der Waals surface area contributed by atoms with Crippen LogP contribution in [0.15, 0.2) is 42.5 Å². The smallest absolute Gasteiger partial charge is 0.141 e. The first-order chi connectivity index (χ1) is 10.2. The van der Waals surface area contributed by atoms with Crippen LogP contribution in [0.1, 0.15) is 17.5 Å². The molecule has 1 N–H and O–H groups in total.